The largest absolute Gasteiger partial charge is 0.495 e. The van der Waals surface area contributed by atoms with Crippen molar-refractivity contribution >= 4 is 51.9 Å². The number of hydrogen-bond acceptors (Lipinski definition) is 4. The lowest BCUT2D eigenvalue weighted by Crippen LogP contribution is -2.50. The summed E-state index contributed by atoms with van der Waals surface area (Å²) in [6, 6.07) is 9.74. The minimum Gasteiger partial charge on any atom is -0.495 e. The molecule has 0 spiro atoms. The third kappa shape index (κ3) is 4.45. The third-order valence-electron chi connectivity index (χ3n) is 5.23. The smallest absolute Gasteiger partial charge is 0.328 e. The molecule has 32 heavy (non-hydrogen) atoms. The lowest BCUT2D eigenvalue weighted by Gasteiger charge is -2.21. The second-order valence-corrected chi connectivity index (χ2v) is 8.71. The van der Waals surface area contributed by atoms with Crippen LogP contribution in [-0.2, 0) is 16.0 Å². The van der Waals surface area contributed by atoms with E-state index in [-0.39, 0.29) is 12.3 Å². The van der Waals surface area contributed by atoms with Gasteiger partial charge in [0.1, 0.15) is 11.3 Å². The molecule has 0 saturated heterocycles. The van der Waals surface area contributed by atoms with Crippen molar-refractivity contribution in [2.24, 2.45) is 0 Å². The highest BCUT2D eigenvalue weighted by atomic mass is 35.5. The zero-order chi connectivity index (χ0) is 23.8. The summed E-state index contributed by atoms with van der Waals surface area (Å²) in [6.07, 6.45) is -0.134. The molecule has 1 amide bonds. The van der Waals surface area contributed by atoms with E-state index in [1.165, 1.54) is 25.5 Å². The SMILES string of the molecule is COc1cc2c(CC(=O)NC(C)(C)C(=O)O)c(C)n(C(=O)c3ccc(Cl)cc3)c2cc1Cl. The third-order valence-corrected chi connectivity index (χ3v) is 5.77. The van der Waals surface area contributed by atoms with E-state index >= 15 is 0 Å². The molecule has 0 atom stereocenters. The molecule has 3 aromatic rings. The van der Waals surface area contributed by atoms with Crippen LogP contribution in [0.3, 0.4) is 0 Å². The first kappa shape index (κ1) is 23.6. The maximum Gasteiger partial charge on any atom is 0.328 e. The van der Waals surface area contributed by atoms with E-state index in [4.69, 9.17) is 27.9 Å². The molecule has 9 heteroatoms. The van der Waals surface area contributed by atoms with E-state index in [2.05, 4.69) is 5.32 Å². The number of benzene rings is 2. The summed E-state index contributed by atoms with van der Waals surface area (Å²) >= 11 is 12.3. The number of carbonyl (C=O) groups excluding carboxylic acids is 2. The number of ether oxygens (including phenoxy) is 1. The van der Waals surface area contributed by atoms with Crippen LogP contribution in [0.2, 0.25) is 10.0 Å². The van der Waals surface area contributed by atoms with Gasteiger partial charge in [0.2, 0.25) is 5.91 Å². The van der Waals surface area contributed by atoms with Crippen LogP contribution < -0.4 is 10.1 Å². The Labute approximate surface area is 194 Å². The number of carboxylic acids is 1. The summed E-state index contributed by atoms with van der Waals surface area (Å²) in [5.74, 6) is -1.57. The number of methoxy groups -OCH3 is 1. The van der Waals surface area contributed by atoms with Gasteiger partial charge >= 0.3 is 5.97 Å². The fourth-order valence-electron chi connectivity index (χ4n) is 3.45. The van der Waals surface area contributed by atoms with Crippen molar-refractivity contribution in [1.82, 2.24) is 9.88 Å². The second-order valence-electron chi connectivity index (χ2n) is 7.87. The van der Waals surface area contributed by atoms with Gasteiger partial charge in [0.05, 0.1) is 24.1 Å². The summed E-state index contributed by atoms with van der Waals surface area (Å²) in [5, 5.41) is 13.2. The lowest BCUT2D eigenvalue weighted by atomic mass is 10.0. The Morgan fingerprint density at radius 2 is 1.75 bits per heavy atom. The number of amides is 1. The van der Waals surface area contributed by atoms with Crippen molar-refractivity contribution in [1.29, 1.82) is 0 Å². The number of fused-ring (bicyclic) bond motifs is 1. The Morgan fingerprint density at radius 3 is 2.31 bits per heavy atom. The molecular weight excluding hydrogens is 455 g/mol. The van der Waals surface area contributed by atoms with Gasteiger partial charge in [-0.2, -0.15) is 0 Å². The number of nitrogens with one attached hydrogen (secondary N) is 1. The minimum atomic E-state index is -1.44. The molecule has 1 heterocycles. The van der Waals surface area contributed by atoms with E-state index in [0.29, 0.717) is 43.5 Å². The molecule has 0 aliphatic carbocycles. The zero-order valence-corrected chi connectivity index (χ0v) is 19.5. The van der Waals surface area contributed by atoms with Crippen LogP contribution in [0.5, 0.6) is 5.75 Å². The number of carbonyl (C=O) groups is 3. The number of nitrogens with zero attached hydrogens (tertiary/aromatic N) is 1. The van der Waals surface area contributed by atoms with Crippen LogP contribution in [0.25, 0.3) is 10.9 Å². The molecule has 2 N–H and O–H groups in total. The first-order valence-corrected chi connectivity index (χ1v) is 10.4. The van der Waals surface area contributed by atoms with Crippen LogP contribution in [0, 0.1) is 6.92 Å². The second kappa shape index (κ2) is 8.84. The van der Waals surface area contributed by atoms with Crippen molar-refractivity contribution in [3.8, 4) is 5.75 Å². The molecule has 0 aliphatic rings. The fraction of sp³-hybridized carbons (Fsp3) is 0.261. The van der Waals surface area contributed by atoms with Crippen molar-refractivity contribution in [3.63, 3.8) is 0 Å². The van der Waals surface area contributed by atoms with E-state index in [1.807, 2.05) is 0 Å². The Morgan fingerprint density at radius 1 is 1.12 bits per heavy atom. The summed E-state index contributed by atoms with van der Waals surface area (Å²) in [4.78, 5) is 37.4. The average molecular weight is 477 g/mol. The van der Waals surface area contributed by atoms with Crippen molar-refractivity contribution in [3.05, 3.63) is 63.3 Å². The number of carboxylic acid groups (broad SMARTS) is 1. The van der Waals surface area contributed by atoms with Crippen LogP contribution in [0.15, 0.2) is 36.4 Å². The topological polar surface area (TPSA) is 97.6 Å². The molecule has 168 valence electrons. The predicted molar refractivity (Wildman–Crippen MR) is 123 cm³/mol. The maximum atomic E-state index is 13.3. The van der Waals surface area contributed by atoms with Gasteiger partial charge in [-0.1, -0.05) is 23.2 Å². The van der Waals surface area contributed by atoms with Gasteiger partial charge in [-0.3, -0.25) is 14.2 Å². The average Bonchev–Trinajstić information content (AvgIpc) is 2.97. The summed E-state index contributed by atoms with van der Waals surface area (Å²) in [6.45, 7) is 4.52. The summed E-state index contributed by atoms with van der Waals surface area (Å²) in [7, 11) is 1.47. The molecule has 2 aromatic carbocycles. The van der Waals surface area contributed by atoms with Crippen molar-refractivity contribution < 1.29 is 24.2 Å². The van der Waals surface area contributed by atoms with Crippen molar-refractivity contribution in [2.45, 2.75) is 32.7 Å². The van der Waals surface area contributed by atoms with Gasteiger partial charge in [0.15, 0.2) is 0 Å². The van der Waals surface area contributed by atoms with Gasteiger partial charge in [0.25, 0.3) is 5.91 Å². The quantitative estimate of drug-likeness (QED) is 0.546. The first-order chi connectivity index (χ1) is 15.0. The number of aromatic nitrogens is 1. The van der Waals surface area contributed by atoms with Gasteiger partial charge < -0.3 is 15.2 Å². The highest BCUT2D eigenvalue weighted by Crippen LogP contribution is 2.35. The normalized spacial score (nSPS) is 11.4. The number of hydrogen-bond donors (Lipinski definition) is 2. The van der Waals surface area contributed by atoms with Crippen LogP contribution in [-0.4, -0.2) is 40.1 Å². The highest BCUT2D eigenvalue weighted by molar-refractivity contribution is 6.33. The lowest BCUT2D eigenvalue weighted by molar-refractivity contribution is -0.145. The van der Waals surface area contributed by atoms with Crippen LogP contribution in [0.1, 0.15) is 35.5 Å². The maximum absolute atomic E-state index is 13.3. The van der Waals surface area contributed by atoms with Gasteiger partial charge in [-0.25, -0.2) is 4.79 Å². The van der Waals surface area contributed by atoms with E-state index in [9.17, 15) is 19.5 Å². The number of rotatable bonds is 6. The fourth-order valence-corrected chi connectivity index (χ4v) is 3.81. The molecule has 1 aromatic heterocycles. The van der Waals surface area contributed by atoms with Crippen LogP contribution in [0.4, 0.5) is 0 Å². The predicted octanol–water partition coefficient (Wildman–Crippen LogP) is 4.48. The van der Waals surface area contributed by atoms with Gasteiger partial charge in [0, 0.05) is 21.7 Å². The van der Waals surface area contributed by atoms with Gasteiger partial charge in [-0.05, 0) is 62.7 Å². The molecule has 0 bridgehead atoms. The Kier molecular flexibility index (Phi) is 6.53. The first-order valence-electron chi connectivity index (χ1n) is 9.68. The standard InChI is InChI=1S/C23H22Cl2N2O5/c1-12-15(10-20(28)26-23(2,3)22(30)31)16-9-19(32-4)17(25)11-18(16)27(12)21(29)13-5-7-14(24)8-6-13/h5-9,11H,10H2,1-4H3,(H,26,28)(H,30,31). The molecule has 0 aliphatic heterocycles. The highest BCUT2D eigenvalue weighted by Gasteiger charge is 2.30. The summed E-state index contributed by atoms with van der Waals surface area (Å²) in [5.41, 5.74) is 0.574. The molecule has 0 fully saturated rings. The molecule has 7 nitrogen and oxygen atoms in total. The Hall–Kier alpha value is -3.03. The Bertz CT molecular complexity index is 1230. The molecule has 0 unspecified atom stereocenters. The molecule has 0 radical (unpaired) electrons. The van der Waals surface area contributed by atoms with E-state index in [1.54, 1.807) is 43.3 Å². The molecule has 3 rings (SSSR count). The van der Waals surface area contributed by atoms with E-state index < -0.39 is 17.4 Å². The molecule has 0 saturated carbocycles. The summed E-state index contributed by atoms with van der Waals surface area (Å²) < 4.78 is 6.79. The monoisotopic (exact) mass is 476 g/mol. The van der Waals surface area contributed by atoms with Crippen molar-refractivity contribution in [2.75, 3.05) is 7.11 Å². The van der Waals surface area contributed by atoms with E-state index in [0.717, 1.165) is 0 Å². The van der Waals surface area contributed by atoms with Crippen LogP contribution >= 0.6 is 23.2 Å². The minimum absolute atomic E-state index is 0.134. The Balaban J connectivity index is 2.15. The number of halogens is 2. The molecular formula is C23H22Cl2N2O5. The van der Waals surface area contributed by atoms with Gasteiger partial charge in [-0.15, -0.1) is 0 Å². The number of aliphatic carboxylic acids is 1. The zero-order valence-electron chi connectivity index (χ0n) is 18.0.